The first-order valence-electron chi connectivity index (χ1n) is 7.09. The Bertz CT molecular complexity index is 347. The molecule has 1 N–H and O–H groups in total. The molecule has 1 aliphatic heterocycles. The lowest BCUT2D eigenvalue weighted by atomic mass is 10.2. The summed E-state index contributed by atoms with van der Waals surface area (Å²) in [5, 5.41) is 7.58. The van der Waals surface area contributed by atoms with Crippen LogP contribution in [0.15, 0.2) is 4.52 Å². The number of aromatic nitrogens is 2. The minimum atomic E-state index is 0.633. The number of hydrogen-bond donors (Lipinski definition) is 1. The van der Waals surface area contributed by atoms with Crippen LogP contribution in [0.4, 0.5) is 0 Å². The highest BCUT2D eigenvalue weighted by Crippen LogP contribution is 2.10. The monoisotopic (exact) mass is 252 g/mol. The molecular weight excluding hydrogens is 228 g/mol. The highest BCUT2D eigenvalue weighted by atomic mass is 16.5. The van der Waals surface area contributed by atoms with Gasteiger partial charge < -0.3 is 9.84 Å². The quantitative estimate of drug-likeness (QED) is 0.798. The SMILES string of the molecule is CCCN(Cc1noc(CC)n1)CC1CCCN1. The highest BCUT2D eigenvalue weighted by molar-refractivity contribution is 4.87. The first-order valence-corrected chi connectivity index (χ1v) is 7.09. The zero-order valence-corrected chi connectivity index (χ0v) is 11.5. The Morgan fingerprint density at radius 3 is 2.94 bits per heavy atom. The van der Waals surface area contributed by atoms with Gasteiger partial charge in [-0.2, -0.15) is 4.98 Å². The summed E-state index contributed by atoms with van der Waals surface area (Å²) in [7, 11) is 0. The molecular formula is C13H24N4O. The number of hydrogen-bond acceptors (Lipinski definition) is 5. The highest BCUT2D eigenvalue weighted by Gasteiger charge is 2.18. The standard InChI is InChI=1S/C13H24N4O/c1-3-8-17(9-11-6-5-7-14-11)10-12-15-13(4-2)18-16-12/h11,14H,3-10H2,1-2H3. The van der Waals surface area contributed by atoms with Crippen LogP contribution >= 0.6 is 0 Å². The van der Waals surface area contributed by atoms with Gasteiger partial charge in [0.15, 0.2) is 5.82 Å². The summed E-state index contributed by atoms with van der Waals surface area (Å²) in [6, 6.07) is 0.633. The van der Waals surface area contributed by atoms with E-state index in [9.17, 15) is 0 Å². The molecule has 5 heteroatoms. The number of nitrogens with zero attached hydrogens (tertiary/aromatic N) is 3. The second-order valence-electron chi connectivity index (χ2n) is 4.99. The van der Waals surface area contributed by atoms with E-state index < -0.39 is 0 Å². The predicted octanol–water partition coefficient (Wildman–Crippen LogP) is 1.60. The van der Waals surface area contributed by atoms with Gasteiger partial charge in [0.25, 0.3) is 0 Å². The summed E-state index contributed by atoms with van der Waals surface area (Å²) >= 11 is 0. The Morgan fingerprint density at radius 1 is 1.44 bits per heavy atom. The molecule has 0 amide bonds. The largest absolute Gasteiger partial charge is 0.339 e. The summed E-state index contributed by atoms with van der Waals surface area (Å²) in [5.41, 5.74) is 0. The number of rotatable bonds is 7. The molecule has 1 aliphatic rings. The molecule has 0 radical (unpaired) electrons. The molecule has 0 aromatic carbocycles. The number of nitrogens with one attached hydrogen (secondary N) is 1. The molecule has 1 unspecified atom stereocenters. The predicted molar refractivity (Wildman–Crippen MR) is 70.3 cm³/mol. The Labute approximate surface area is 109 Å². The summed E-state index contributed by atoms with van der Waals surface area (Å²) < 4.78 is 5.16. The van der Waals surface area contributed by atoms with Gasteiger partial charge in [-0.1, -0.05) is 19.0 Å². The lowest BCUT2D eigenvalue weighted by Gasteiger charge is -2.23. The zero-order valence-electron chi connectivity index (χ0n) is 11.5. The van der Waals surface area contributed by atoms with Crippen LogP contribution in [-0.4, -0.2) is 40.7 Å². The first-order chi connectivity index (χ1) is 8.81. The molecule has 0 aliphatic carbocycles. The molecule has 0 saturated carbocycles. The summed E-state index contributed by atoms with van der Waals surface area (Å²) in [6.07, 6.45) is 4.55. The molecule has 1 saturated heterocycles. The maximum absolute atomic E-state index is 5.16. The van der Waals surface area contributed by atoms with Crippen molar-refractivity contribution in [1.82, 2.24) is 20.4 Å². The third-order valence-electron chi connectivity index (χ3n) is 3.36. The number of aryl methyl sites for hydroxylation is 1. The second-order valence-corrected chi connectivity index (χ2v) is 4.99. The van der Waals surface area contributed by atoms with Crippen molar-refractivity contribution in [3.05, 3.63) is 11.7 Å². The van der Waals surface area contributed by atoms with Crippen LogP contribution in [-0.2, 0) is 13.0 Å². The molecule has 1 atom stereocenters. The van der Waals surface area contributed by atoms with Crippen molar-refractivity contribution < 1.29 is 4.52 Å². The van der Waals surface area contributed by atoms with E-state index in [2.05, 4.69) is 27.3 Å². The van der Waals surface area contributed by atoms with E-state index in [1.807, 2.05) is 6.92 Å². The van der Waals surface area contributed by atoms with Crippen LogP contribution < -0.4 is 5.32 Å². The van der Waals surface area contributed by atoms with Crippen LogP contribution in [0.2, 0.25) is 0 Å². The molecule has 5 nitrogen and oxygen atoms in total. The smallest absolute Gasteiger partial charge is 0.226 e. The van der Waals surface area contributed by atoms with Crippen molar-refractivity contribution in [2.75, 3.05) is 19.6 Å². The molecule has 2 rings (SSSR count). The van der Waals surface area contributed by atoms with Crippen molar-refractivity contribution in [2.24, 2.45) is 0 Å². The Hall–Kier alpha value is -0.940. The van der Waals surface area contributed by atoms with Crippen molar-refractivity contribution in [1.29, 1.82) is 0 Å². The van der Waals surface area contributed by atoms with Crippen LogP contribution in [0.5, 0.6) is 0 Å². The fourth-order valence-corrected chi connectivity index (χ4v) is 2.47. The van der Waals surface area contributed by atoms with Gasteiger partial charge in [-0.15, -0.1) is 0 Å². The zero-order chi connectivity index (χ0) is 12.8. The van der Waals surface area contributed by atoms with Crippen molar-refractivity contribution in [3.8, 4) is 0 Å². The third kappa shape index (κ3) is 3.78. The van der Waals surface area contributed by atoms with E-state index >= 15 is 0 Å². The van der Waals surface area contributed by atoms with Crippen LogP contribution in [0.1, 0.15) is 44.8 Å². The van der Waals surface area contributed by atoms with Gasteiger partial charge in [-0.25, -0.2) is 0 Å². The molecule has 2 heterocycles. The van der Waals surface area contributed by atoms with Crippen molar-refractivity contribution in [3.63, 3.8) is 0 Å². The average molecular weight is 252 g/mol. The lowest BCUT2D eigenvalue weighted by Crippen LogP contribution is -2.37. The molecule has 1 fully saturated rings. The lowest BCUT2D eigenvalue weighted by molar-refractivity contribution is 0.232. The Morgan fingerprint density at radius 2 is 2.33 bits per heavy atom. The van der Waals surface area contributed by atoms with Gasteiger partial charge >= 0.3 is 0 Å². The van der Waals surface area contributed by atoms with Gasteiger partial charge in [0, 0.05) is 19.0 Å². The molecule has 0 spiro atoms. The van der Waals surface area contributed by atoms with Gasteiger partial charge in [0.2, 0.25) is 5.89 Å². The minimum Gasteiger partial charge on any atom is -0.339 e. The van der Waals surface area contributed by atoms with Gasteiger partial charge in [-0.05, 0) is 32.4 Å². The second kappa shape index (κ2) is 6.85. The van der Waals surface area contributed by atoms with Crippen molar-refractivity contribution >= 4 is 0 Å². The van der Waals surface area contributed by atoms with E-state index in [4.69, 9.17) is 4.52 Å². The molecule has 18 heavy (non-hydrogen) atoms. The third-order valence-corrected chi connectivity index (χ3v) is 3.36. The molecule has 102 valence electrons. The fraction of sp³-hybridized carbons (Fsp3) is 0.846. The maximum Gasteiger partial charge on any atom is 0.226 e. The van der Waals surface area contributed by atoms with Crippen LogP contribution in [0.3, 0.4) is 0 Å². The van der Waals surface area contributed by atoms with E-state index in [-0.39, 0.29) is 0 Å². The van der Waals surface area contributed by atoms with Crippen LogP contribution in [0, 0.1) is 0 Å². The first kappa shape index (κ1) is 13.5. The van der Waals surface area contributed by atoms with E-state index in [0.717, 1.165) is 50.7 Å². The minimum absolute atomic E-state index is 0.633. The Kier molecular flexibility index (Phi) is 5.13. The van der Waals surface area contributed by atoms with Crippen LogP contribution in [0.25, 0.3) is 0 Å². The summed E-state index contributed by atoms with van der Waals surface area (Å²) in [4.78, 5) is 6.81. The topological polar surface area (TPSA) is 54.2 Å². The molecule has 0 bridgehead atoms. The van der Waals surface area contributed by atoms with Gasteiger partial charge in [-0.3, -0.25) is 4.90 Å². The van der Waals surface area contributed by atoms with E-state index in [0.29, 0.717) is 6.04 Å². The van der Waals surface area contributed by atoms with Gasteiger partial charge in [0.1, 0.15) is 0 Å². The Balaban J connectivity index is 1.87. The van der Waals surface area contributed by atoms with Gasteiger partial charge in [0.05, 0.1) is 6.54 Å². The molecule has 1 aromatic heterocycles. The summed E-state index contributed by atoms with van der Waals surface area (Å²) in [6.45, 7) is 8.38. The molecule has 1 aromatic rings. The van der Waals surface area contributed by atoms with E-state index in [1.165, 1.54) is 12.8 Å². The normalized spacial score (nSPS) is 19.8. The van der Waals surface area contributed by atoms with E-state index in [1.54, 1.807) is 0 Å². The average Bonchev–Trinajstić information content (AvgIpc) is 3.00. The van der Waals surface area contributed by atoms with Crippen molar-refractivity contribution in [2.45, 2.75) is 52.1 Å². The maximum atomic E-state index is 5.16. The fourth-order valence-electron chi connectivity index (χ4n) is 2.47. The summed E-state index contributed by atoms with van der Waals surface area (Å²) in [5.74, 6) is 1.55.